The molecule has 0 saturated carbocycles. The van der Waals surface area contributed by atoms with Crippen LogP contribution < -0.4 is 10.6 Å². The molecule has 1 aliphatic heterocycles. The van der Waals surface area contributed by atoms with Crippen molar-refractivity contribution >= 4 is 40.7 Å². The lowest BCUT2D eigenvalue weighted by Crippen LogP contribution is -2.33. The molecule has 1 saturated heterocycles. The highest BCUT2D eigenvalue weighted by Crippen LogP contribution is 2.23. The first-order valence-electron chi connectivity index (χ1n) is 9.50. The number of halogens is 1. The second-order valence-electron chi connectivity index (χ2n) is 7.37. The highest BCUT2D eigenvalue weighted by molar-refractivity contribution is 6.32. The van der Waals surface area contributed by atoms with Crippen LogP contribution in [-0.4, -0.2) is 35.2 Å². The van der Waals surface area contributed by atoms with Gasteiger partial charge in [-0.3, -0.25) is 14.4 Å². The van der Waals surface area contributed by atoms with Crippen molar-refractivity contribution in [3.8, 4) is 6.07 Å². The van der Waals surface area contributed by atoms with Crippen LogP contribution in [0.5, 0.6) is 0 Å². The minimum atomic E-state index is -0.385. The highest BCUT2D eigenvalue weighted by atomic mass is 35.5. The zero-order chi connectivity index (χ0) is 21.8. The van der Waals surface area contributed by atoms with Crippen LogP contribution in [0.3, 0.4) is 0 Å². The second kappa shape index (κ2) is 8.97. The average Bonchev–Trinajstić information content (AvgIpc) is 3.11. The first-order valence-corrected chi connectivity index (χ1v) is 9.87. The fraction of sp³-hybridized carbons (Fsp3) is 0.273. The molecule has 2 N–H and O–H groups in total. The molecule has 1 aliphatic rings. The molecule has 154 valence electrons. The summed E-state index contributed by atoms with van der Waals surface area (Å²) in [6, 6.07) is 13.1. The van der Waals surface area contributed by atoms with Crippen LogP contribution in [0, 0.1) is 17.2 Å². The minimum Gasteiger partial charge on any atom is -0.339 e. The van der Waals surface area contributed by atoms with Crippen LogP contribution in [0.2, 0.25) is 5.02 Å². The highest BCUT2D eigenvalue weighted by Gasteiger charge is 2.35. The number of anilines is 2. The maximum Gasteiger partial charge on any atom is 0.255 e. The van der Waals surface area contributed by atoms with Crippen LogP contribution in [0.25, 0.3) is 0 Å². The second-order valence-corrected chi connectivity index (χ2v) is 7.78. The van der Waals surface area contributed by atoms with Crippen molar-refractivity contribution < 1.29 is 14.4 Å². The van der Waals surface area contributed by atoms with Gasteiger partial charge in [-0.25, -0.2) is 0 Å². The largest absolute Gasteiger partial charge is 0.339 e. The van der Waals surface area contributed by atoms with Crippen molar-refractivity contribution in [3.05, 3.63) is 58.6 Å². The van der Waals surface area contributed by atoms with Gasteiger partial charge in [0, 0.05) is 35.9 Å². The van der Waals surface area contributed by atoms with Gasteiger partial charge in [0.1, 0.15) is 6.07 Å². The number of nitrogens with one attached hydrogen (secondary N) is 2. The van der Waals surface area contributed by atoms with Gasteiger partial charge in [0.25, 0.3) is 5.91 Å². The van der Waals surface area contributed by atoms with Gasteiger partial charge >= 0.3 is 0 Å². The first-order chi connectivity index (χ1) is 14.3. The number of nitrogens with zero attached hydrogens (tertiary/aromatic N) is 2. The molecule has 1 atom stereocenters. The van der Waals surface area contributed by atoms with Crippen molar-refractivity contribution in [2.75, 3.05) is 17.2 Å². The van der Waals surface area contributed by atoms with Gasteiger partial charge in [-0.1, -0.05) is 11.6 Å². The van der Waals surface area contributed by atoms with Crippen LogP contribution in [0.15, 0.2) is 42.5 Å². The minimum absolute atomic E-state index is 0.0138. The lowest BCUT2D eigenvalue weighted by molar-refractivity contribution is -0.129. The van der Waals surface area contributed by atoms with E-state index in [2.05, 4.69) is 10.6 Å². The van der Waals surface area contributed by atoms with E-state index < -0.39 is 0 Å². The Bertz CT molecular complexity index is 1030. The van der Waals surface area contributed by atoms with Crippen molar-refractivity contribution in [2.24, 2.45) is 5.92 Å². The van der Waals surface area contributed by atoms with E-state index in [9.17, 15) is 14.4 Å². The number of rotatable bonds is 5. The van der Waals surface area contributed by atoms with Crippen LogP contribution in [0.4, 0.5) is 11.4 Å². The quantitative estimate of drug-likeness (QED) is 0.764. The fourth-order valence-electron chi connectivity index (χ4n) is 3.24. The number of nitriles is 1. The van der Waals surface area contributed by atoms with E-state index in [4.69, 9.17) is 16.9 Å². The van der Waals surface area contributed by atoms with E-state index in [1.54, 1.807) is 35.2 Å². The SMILES string of the molecule is CC(C)N1CC(C(=O)Nc2ccc(C(=O)Nc3ccc(C#N)c(Cl)c3)cc2)CC1=O. The summed E-state index contributed by atoms with van der Waals surface area (Å²) in [5.74, 6) is -0.956. The Kier molecular flexibility index (Phi) is 6.38. The Balaban J connectivity index is 1.60. The van der Waals surface area contributed by atoms with Crippen LogP contribution >= 0.6 is 11.6 Å². The van der Waals surface area contributed by atoms with E-state index in [0.29, 0.717) is 29.0 Å². The predicted molar refractivity (Wildman–Crippen MR) is 114 cm³/mol. The number of hydrogen-bond acceptors (Lipinski definition) is 4. The Morgan fingerprint density at radius 1 is 1.13 bits per heavy atom. The normalized spacial score (nSPS) is 15.8. The standard InChI is InChI=1S/C22H21ClN4O3/c1-13(2)27-12-16(9-20(27)28)22(30)25-17-6-3-14(4-7-17)21(29)26-18-8-5-15(11-24)19(23)10-18/h3-8,10,13,16H,9,12H2,1-2H3,(H,25,30)(H,26,29). The van der Waals surface area contributed by atoms with Gasteiger partial charge in [-0.2, -0.15) is 5.26 Å². The summed E-state index contributed by atoms with van der Waals surface area (Å²) >= 11 is 5.98. The van der Waals surface area contributed by atoms with E-state index >= 15 is 0 Å². The smallest absolute Gasteiger partial charge is 0.255 e. The number of likely N-dealkylation sites (tertiary alicyclic amines) is 1. The van der Waals surface area contributed by atoms with Gasteiger partial charge in [-0.15, -0.1) is 0 Å². The third-order valence-corrected chi connectivity index (χ3v) is 5.23. The molecular formula is C22H21ClN4O3. The van der Waals surface area contributed by atoms with Crippen molar-refractivity contribution in [3.63, 3.8) is 0 Å². The van der Waals surface area contributed by atoms with Crippen molar-refractivity contribution in [1.82, 2.24) is 4.90 Å². The summed E-state index contributed by atoms with van der Waals surface area (Å²) in [5.41, 5.74) is 1.75. The lowest BCUT2D eigenvalue weighted by Gasteiger charge is -2.20. The zero-order valence-corrected chi connectivity index (χ0v) is 17.4. The van der Waals surface area contributed by atoms with Crippen molar-refractivity contribution in [1.29, 1.82) is 5.26 Å². The van der Waals surface area contributed by atoms with Gasteiger partial charge in [0.05, 0.1) is 16.5 Å². The summed E-state index contributed by atoms with van der Waals surface area (Å²) in [6.07, 6.45) is 0.206. The maximum absolute atomic E-state index is 12.5. The third-order valence-electron chi connectivity index (χ3n) is 4.91. The molecular weight excluding hydrogens is 404 g/mol. The number of benzene rings is 2. The Morgan fingerprint density at radius 3 is 2.37 bits per heavy atom. The van der Waals surface area contributed by atoms with Crippen LogP contribution in [-0.2, 0) is 9.59 Å². The van der Waals surface area contributed by atoms with Crippen LogP contribution in [0.1, 0.15) is 36.2 Å². The number of carbonyl (C=O) groups excluding carboxylic acids is 3. The lowest BCUT2D eigenvalue weighted by atomic mass is 10.1. The molecule has 2 aromatic carbocycles. The van der Waals surface area contributed by atoms with Gasteiger partial charge in [0.2, 0.25) is 11.8 Å². The Labute approximate surface area is 179 Å². The Morgan fingerprint density at radius 2 is 1.80 bits per heavy atom. The molecule has 8 heteroatoms. The molecule has 7 nitrogen and oxygen atoms in total. The summed E-state index contributed by atoms with van der Waals surface area (Å²) in [7, 11) is 0. The van der Waals surface area contributed by atoms with E-state index in [0.717, 1.165) is 0 Å². The molecule has 3 rings (SSSR count). The molecule has 0 aromatic heterocycles. The topological polar surface area (TPSA) is 102 Å². The number of hydrogen-bond donors (Lipinski definition) is 2. The summed E-state index contributed by atoms with van der Waals surface area (Å²) in [4.78, 5) is 38.6. The first kappa shape index (κ1) is 21.3. The molecule has 0 bridgehead atoms. The molecule has 0 radical (unpaired) electrons. The molecule has 1 fully saturated rings. The van der Waals surface area contributed by atoms with Gasteiger partial charge < -0.3 is 15.5 Å². The molecule has 0 aliphatic carbocycles. The summed E-state index contributed by atoms with van der Waals surface area (Å²) in [5, 5.41) is 14.7. The maximum atomic E-state index is 12.5. The third kappa shape index (κ3) is 4.78. The molecule has 1 unspecified atom stereocenters. The molecule has 3 amide bonds. The van der Waals surface area contributed by atoms with Crippen molar-refractivity contribution in [2.45, 2.75) is 26.3 Å². The Hall–Kier alpha value is -3.37. The summed E-state index contributed by atoms with van der Waals surface area (Å²) in [6.45, 7) is 4.26. The van der Waals surface area contributed by atoms with Gasteiger partial charge in [0.15, 0.2) is 0 Å². The number of carbonyl (C=O) groups is 3. The molecule has 2 aromatic rings. The van der Waals surface area contributed by atoms with E-state index in [1.807, 2.05) is 19.9 Å². The number of amides is 3. The molecule has 0 spiro atoms. The summed E-state index contributed by atoms with van der Waals surface area (Å²) < 4.78 is 0. The average molecular weight is 425 g/mol. The molecule has 30 heavy (non-hydrogen) atoms. The van der Waals surface area contributed by atoms with E-state index in [1.165, 1.54) is 12.1 Å². The monoisotopic (exact) mass is 424 g/mol. The predicted octanol–water partition coefficient (Wildman–Crippen LogP) is 3.66. The molecule has 1 heterocycles. The van der Waals surface area contributed by atoms with E-state index in [-0.39, 0.29) is 41.1 Å². The van der Waals surface area contributed by atoms with Gasteiger partial charge in [-0.05, 0) is 56.3 Å². The zero-order valence-electron chi connectivity index (χ0n) is 16.6. The fourth-order valence-corrected chi connectivity index (χ4v) is 3.47.